The standard InChI is InChI=1S/C19H22Cl2N4O.ClH/c20-16-4-3-15(11-17(16)21)25-10-7-18(23-25)19(26)24-8-5-14(6-9-24)22-12-13-1-2-13;/h3-4,7,10-11,13-14,22H,1-2,5-6,8-9,12H2;1H. The van der Waals surface area contributed by atoms with Crippen molar-refractivity contribution in [3.63, 3.8) is 0 Å². The van der Waals surface area contributed by atoms with Crippen LogP contribution in [0.15, 0.2) is 30.5 Å². The van der Waals surface area contributed by atoms with E-state index in [0.717, 1.165) is 44.1 Å². The molecule has 0 radical (unpaired) electrons. The van der Waals surface area contributed by atoms with Crippen LogP contribution in [0, 0.1) is 5.92 Å². The molecular weight excluding hydrogens is 407 g/mol. The third kappa shape index (κ3) is 4.96. The molecule has 5 nitrogen and oxygen atoms in total. The average molecular weight is 430 g/mol. The van der Waals surface area contributed by atoms with Gasteiger partial charge < -0.3 is 10.2 Å². The Bertz CT molecular complexity index is 798. The fourth-order valence-electron chi connectivity index (χ4n) is 3.31. The summed E-state index contributed by atoms with van der Waals surface area (Å²) in [5.74, 6) is 0.879. The Kier molecular flexibility index (Phi) is 6.69. The molecule has 0 bridgehead atoms. The van der Waals surface area contributed by atoms with Crippen LogP contribution >= 0.6 is 35.6 Å². The summed E-state index contributed by atoms with van der Waals surface area (Å²) in [5, 5.41) is 9.02. The first-order chi connectivity index (χ1) is 12.6. The van der Waals surface area contributed by atoms with Crippen molar-refractivity contribution in [3.8, 4) is 5.69 Å². The van der Waals surface area contributed by atoms with Crippen molar-refractivity contribution in [2.24, 2.45) is 5.92 Å². The Morgan fingerprint density at radius 1 is 1.11 bits per heavy atom. The number of rotatable bonds is 5. The molecule has 2 fully saturated rings. The SMILES string of the molecule is Cl.O=C(c1ccn(-c2ccc(Cl)c(Cl)c2)n1)N1CCC(NCC2CC2)CC1. The minimum Gasteiger partial charge on any atom is -0.337 e. The number of amides is 1. The van der Waals surface area contributed by atoms with Crippen LogP contribution in [0.3, 0.4) is 0 Å². The van der Waals surface area contributed by atoms with Gasteiger partial charge in [-0.1, -0.05) is 23.2 Å². The Hall–Kier alpha value is -1.27. The second kappa shape index (κ2) is 8.82. The van der Waals surface area contributed by atoms with Crippen molar-refractivity contribution in [3.05, 3.63) is 46.2 Å². The molecule has 2 heterocycles. The van der Waals surface area contributed by atoms with Crippen molar-refractivity contribution in [2.75, 3.05) is 19.6 Å². The average Bonchev–Trinajstić information content (AvgIpc) is 3.36. The maximum absolute atomic E-state index is 12.7. The van der Waals surface area contributed by atoms with Crippen LogP contribution in [0.25, 0.3) is 5.69 Å². The highest BCUT2D eigenvalue weighted by Gasteiger charge is 2.27. The van der Waals surface area contributed by atoms with Gasteiger partial charge in [0.05, 0.1) is 15.7 Å². The first kappa shape index (κ1) is 20.5. The molecule has 0 atom stereocenters. The van der Waals surface area contributed by atoms with E-state index in [2.05, 4.69) is 10.4 Å². The zero-order chi connectivity index (χ0) is 18.1. The Morgan fingerprint density at radius 2 is 1.85 bits per heavy atom. The zero-order valence-electron chi connectivity index (χ0n) is 14.9. The van der Waals surface area contributed by atoms with Crippen LogP contribution in [0.1, 0.15) is 36.2 Å². The summed E-state index contributed by atoms with van der Waals surface area (Å²) in [7, 11) is 0. The van der Waals surface area contributed by atoms with Crippen molar-refractivity contribution in [2.45, 2.75) is 31.7 Å². The van der Waals surface area contributed by atoms with E-state index in [1.807, 2.05) is 11.0 Å². The number of carbonyl (C=O) groups is 1. The van der Waals surface area contributed by atoms with Gasteiger partial charge in [0, 0.05) is 25.3 Å². The lowest BCUT2D eigenvalue weighted by Gasteiger charge is -2.32. The number of likely N-dealkylation sites (tertiary alicyclic amines) is 1. The van der Waals surface area contributed by atoms with Crippen LogP contribution in [0.4, 0.5) is 0 Å². The topological polar surface area (TPSA) is 50.2 Å². The molecule has 8 heteroatoms. The van der Waals surface area contributed by atoms with Gasteiger partial charge in [-0.3, -0.25) is 4.79 Å². The van der Waals surface area contributed by atoms with E-state index >= 15 is 0 Å². The van der Waals surface area contributed by atoms with Gasteiger partial charge in [0.25, 0.3) is 5.91 Å². The second-order valence-corrected chi connectivity index (χ2v) is 7.98. The summed E-state index contributed by atoms with van der Waals surface area (Å²) in [6.07, 6.45) is 6.52. The molecular formula is C19H23Cl3N4O. The molecule has 0 spiro atoms. The lowest BCUT2D eigenvalue weighted by molar-refractivity contribution is 0.0698. The Balaban J connectivity index is 0.00000210. The molecule has 0 unspecified atom stereocenters. The van der Waals surface area contributed by atoms with Gasteiger partial charge in [-0.15, -0.1) is 12.4 Å². The second-order valence-electron chi connectivity index (χ2n) is 7.16. The number of hydrogen-bond acceptors (Lipinski definition) is 3. The number of piperidine rings is 1. The van der Waals surface area contributed by atoms with Crippen molar-refractivity contribution in [1.82, 2.24) is 20.0 Å². The molecule has 1 aliphatic carbocycles. The molecule has 1 aromatic carbocycles. The number of halogens is 3. The predicted molar refractivity (Wildman–Crippen MR) is 110 cm³/mol. The summed E-state index contributed by atoms with van der Waals surface area (Å²) in [4.78, 5) is 14.6. The van der Waals surface area contributed by atoms with E-state index in [1.54, 1.807) is 29.1 Å². The molecule has 2 aliphatic rings. The minimum atomic E-state index is -0.00977. The molecule has 1 saturated carbocycles. The van der Waals surface area contributed by atoms with E-state index in [0.29, 0.717) is 21.8 Å². The fraction of sp³-hybridized carbons (Fsp3) is 0.474. The van der Waals surface area contributed by atoms with Gasteiger partial charge in [0.1, 0.15) is 0 Å². The van der Waals surface area contributed by atoms with E-state index in [-0.39, 0.29) is 18.3 Å². The molecule has 27 heavy (non-hydrogen) atoms. The van der Waals surface area contributed by atoms with Crippen LogP contribution in [0.5, 0.6) is 0 Å². The number of carbonyl (C=O) groups excluding carboxylic acids is 1. The van der Waals surface area contributed by atoms with Crippen LogP contribution < -0.4 is 5.32 Å². The van der Waals surface area contributed by atoms with Crippen molar-refractivity contribution >= 4 is 41.5 Å². The van der Waals surface area contributed by atoms with Gasteiger partial charge in [0.2, 0.25) is 0 Å². The molecule has 1 aliphatic heterocycles. The number of benzene rings is 1. The molecule has 1 saturated heterocycles. The Morgan fingerprint density at radius 3 is 2.52 bits per heavy atom. The maximum Gasteiger partial charge on any atom is 0.274 e. The highest BCUT2D eigenvalue weighted by molar-refractivity contribution is 6.42. The van der Waals surface area contributed by atoms with E-state index in [9.17, 15) is 4.79 Å². The van der Waals surface area contributed by atoms with Crippen LogP contribution in [0.2, 0.25) is 10.0 Å². The number of nitrogens with zero attached hydrogens (tertiary/aromatic N) is 3. The highest BCUT2D eigenvalue weighted by Crippen LogP contribution is 2.28. The zero-order valence-corrected chi connectivity index (χ0v) is 17.2. The summed E-state index contributed by atoms with van der Waals surface area (Å²) in [6, 6.07) is 7.58. The monoisotopic (exact) mass is 428 g/mol. The molecule has 1 aromatic heterocycles. The van der Waals surface area contributed by atoms with Gasteiger partial charge >= 0.3 is 0 Å². The molecule has 1 amide bonds. The van der Waals surface area contributed by atoms with Crippen molar-refractivity contribution < 1.29 is 4.79 Å². The largest absolute Gasteiger partial charge is 0.337 e. The maximum atomic E-state index is 12.7. The molecule has 4 rings (SSSR count). The van der Waals surface area contributed by atoms with E-state index in [1.165, 1.54) is 12.8 Å². The third-order valence-electron chi connectivity index (χ3n) is 5.15. The molecule has 1 N–H and O–H groups in total. The van der Waals surface area contributed by atoms with Crippen LogP contribution in [-0.2, 0) is 0 Å². The predicted octanol–water partition coefficient (Wildman–Crippen LogP) is 4.21. The summed E-state index contributed by atoms with van der Waals surface area (Å²) >= 11 is 12.0. The minimum absolute atomic E-state index is 0. The molecule has 146 valence electrons. The fourth-order valence-corrected chi connectivity index (χ4v) is 3.61. The van der Waals surface area contributed by atoms with Crippen LogP contribution in [-0.4, -0.2) is 46.3 Å². The first-order valence-electron chi connectivity index (χ1n) is 9.14. The third-order valence-corrected chi connectivity index (χ3v) is 5.89. The van der Waals surface area contributed by atoms with E-state index < -0.39 is 0 Å². The molecule has 2 aromatic rings. The number of aromatic nitrogens is 2. The van der Waals surface area contributed by atoms with E-state index in [4.69, 9.17) is 23.2 Å². The highest BCUT2D eigenvalue weighted by atomic mass is 35.5. The van der Waals surface area contributed by atoms with Gasteiger partial charge in [0.15, 0.2) is 5.69 Å². The quantitative estimate of drug-likeness (QED) is 0.775. The first-order valence-corrected chi connectivity index (χ1v) is 9.89. The summed E-state index contributed by atoms with van der Waals surface area (Å²) < 4.78 is 1.65. The number of hydrogen-bond donors (Lipinski definition) is 1. The summed E-state index contributed by atoms with van der Waals surface area (Å²) in [5.41, 5.74) is 1.24. The van der Waals surface area contributed by atoms with Gasteiger partial charge in [-0.2, -0.15) is 5.10 Å². The van der Waals surface area contributed by atoms with Gasteiger partial charge in [-0.25, -0.2) is 4.68 Å². The van der Waals surface area contributed by atoms with Crippen molar-refractivity contribution in [1.29, 1.82) is 0 Å². The lowest BCUT2D eigenvalue weighted by Crippen LogP contribution is -2.45. The van der Waals surface area contributed by atoms with Gasteiger partial charge in [-0.05, 0) is 62.4 Å². The Labute approximate surface area is 175 Å². The summed E-state index contributed by atoms with van der Waals surface area (Å²) in [6.45, 7) is 2.69. The smallest absolute Gasteiger partial charge is 0.274 e. The normalized spacial score (nSPS) is 17.6. The number of nitrogens with one attached hydrogen (secondary N) is 1. The lowest BCUT2D eigenvalue weighted by atomic mass is 10.0.